The van der Waals surface area contributed by atoms with Gasteiger partial charge in [-0.1, -0.05) is 19.8 Å². The van der Waals surface area contributed by atoms with Crippen LogP contribution in [0.4, 0.5) is 0 Å². The predicted octanol–water partition coefficient (Wildman–Crippen LogP) is 0.724. The minimum Gasteiger partial charge on any atom is -0.342 e. The zero-order chi connectivity index (χ0) is 13.7. The van der Waals surface area contributed by atoms with E-state index in [0.717, 1.165) is 5.75 Å². The van der Waals surface area contributed by atoms with Crippen molar-refractivity contribution >= 4 is 23.6 Å². The Labute approximate surface area is 113 Å². The van der Waals surface area contributed by atoms with Crippen LogP contribution < -0.4 is 5.32 Å². The lowest BCUT2D eigenvalue weighted by Crippen LogP contribution is -2.64. The van der Waals surface area contributed by atoms with Gasteiger partial charge in [-0.15, -0.1) is 18.2 Å². The van der Waals surface area contributed by atoms with Crippen LogP contribution in [-0.4, -0.2) is 46.8 Å². The molecule has 0 radical (unpaired) electrons. The minimum atomic E-state index is -0.397. The Bertz CT molecular complexity index is 362. The number of carbonyl (C=O) groups is 2. The molecule has 1 heterocycles. The molecule has 0 bridgehead atoms. The first-order valence-corrected chi connectivity index (χ1v) is 7.26. The highest BCUT2D eigenvalue weighted by Gasteiger charge is 2.38. The first-order chi connectivity index (χ1) is 8.49. The third-order valence-electron chi connectivity index (χ3n) is 3.02. The van der Waals surface area contributed by atoms with E-state index in [-0.39, 0.29) is 23.8 Å². The van der Waals surface area contributed by atoms with Gasteiger partial charge in [0.15, 0.2) is 0 Å². The molecular weight excluding hydrogens is 248 g/mol. The number of thioether (sulfide) groups is 1. The van der Waals surface area contributed by atoms with Gasteiger partial charge in [-0.3, -0.25) is 9.59 Å². The molecule has 0 spiro atoms. The van der Waals surface area contributed by atoms with Crippen LogP contribution in [0.5, 0.6) is 0 Å². The van der Waals surface area contributed by atoms with Gasteiger partial charge in [-0.2, -0.15) is 0 Å². The van der Waals surface area contributed by atoms with E-state index in [2.05, 4.69) is 11.2 Å². The summed E-state index contributed by atoms with van der Waals surface area (Å²) in [5.74, 6) is 3.99. The van der Waals surface area contributed by atoms with Crippen LogP contribution in [0.3, 0.4) is 0 Å². The fourth-order valence-electron chi connectivity index (χ4n) is 1.90. The second-order valence-electron chi connectivity index (χ2n) is 4.69. The molecule has 0 aliphatic carbocycles. The minimum absolute atomic E-state index is 0.0124. The molecule has 2 unspecified atom stereocenters. The molecule has 100 valence electrons. The molecule has 1 rings (SSSR count). The molecule has 1 N–H and O–H groups in total. The van der Waals surface area contributed by atoms with Crippen molar-refractivity contribution < 1.29 is 9.59 Å². The van der Waals surface area contributed by atoms with Crippen molar-refractivity contribution in [3.8, 4) is 12.3 Å². The van der Waals surface area contributed by atoms with E-state index in [4.69, 9.17) is 6.42 Å². The van der Waals surface area contributed by atoms with Gasteiger partial charge in [0.05, 0.1) is 5.75 Å². The summed E-state index contributed by atoms with van der Waals surface area (Å²) in [4.78, 5) is 25.7. The van der Waals surface area contributed by atoms with Crippen molar-refractivity contribution in [1.82, 2.24) is 10.2 Å². The largest absolute Gasteiger partial charge is 0.342 e. The fourth-order valence-corrected chi connectivity index (χ4v) is 2.48. The van der Waals surface area contributed by atoms with E-state index in [1.165, 1.54) is 0 Å². The van der Waals surface area contributed by atoms with Crippen molar-refractivity contribution in [3.05, 3.63) is 0 Å². The molecule has 1 saturated heterocycles. The molecule has 2 atom stereocenters. The van der Waals surface area contributed by atoms with Gasteiger partial charge < -0.3 is 10.2 Å². The first-order valence-electron chi connectivity index (χ1n) is 6.11. The molecule has 1 aliphatic heterocycles. The summed E-state index contributed by atoms with van der Waals surface area (Å²) in [6.45, 7) is 6.20. The Morgan fingerprint density at radius 3 is 2.72 bits per heavy atom. The van der Waals surface area contributed by atoms with Gasteiger partial charge >= 0.3 is 0 Å². The van der Waals surface area contributed by atoms with E-state index in [9.17, 15) is 9.59 Å². The van der Waals surface area contributed by atoms with Crippen LogP contribution in [0.2, 0.25) is 0 Å². The van der Waals surface area contributed by atoms with Gasteiger partial charge in [0.1, 0.15) is 12.1 Å². The van der Waals surface area contributed by atoms with Gasteiger partial charge in [0.2, 0.25) is 11.8 Å². The standard InChI is InChI=1S/C13H20N2O2S/c1-5-7-18-8-6-15-10(4)12(16)14-11(9(2)3)13(15)17/h1,9-11H,6-8H2,2-4H3,(H,14,16). The summed E-state index contributed by atoms with van der Waals surface area (Å²) >= 11 is 1.60. The molecular formula is C13H20N2O2S. The highest BCUT2D eigenvalue weighted by Crippen LogP contribution is 2.16. The third-order valence-corrected chi connectivity index (χ3v) is 3.86. The fraction of sp³-hybridized carbons (Fsp3) is 0.692. The second-order valence-corrected chi connectivity index (χ2v) is 5.80. The molecule has 5 heteroatoms. The Balaban J connectivity index is 2.64. The smallest absolute Gasteiger partial charge is 0.246 e. The number of rotatable bonds is 5. The van der Waals surface area contributed by atoms with Crippen molar-refractivity contribution in [2.24, 2.45) is 5.92 Å². The molecule has 0 aromatic rings. The SMILES string of the molecule is C#CCSCCN1C(=O)C(C(C)C)NC(=O)C1C. The van der Waals surface area contributed by atoms with Crippen molar-refractivity contribution in [3.63, 3.8) is 0 Å². The number of terminal acetylenes is 1. The highest BCUT2D eigenvalue weighted by atomic mass is 32.2. The number of piperazine rings is 1. The number of hydrogen-bond acceptors (Lipinski definition) is 3. The van der Waals surface area contributed by atoms with Crippen LogP contribution in [0.1, 0.15) is 20.8 Å². The maximum absolute atomic E-state index is 12.2. The lowest BCUT2D eigenvalue weighted by molar-refractivity contribution is -0.149. The van der Waals surface area contributed by atoms with Crippen molar-refractivity contribution in [2.75, 3.05) is 18.1 Å². The highest BCUT2D eigenvalue weighted by molar-refractivity contribution is 7.99. The van der Waals surface area contributed by atoms with Gasteiger partial charge in [0.25, 0.3) is 0 Å². The van der Waals surface area contributed by atoms with E-state index in [0.29, 0.717) is 12.3 Å². The molecule has 0 aromatic heterocycles. The molecule has 2 amide bonds. The summed E-state index contributed by atoms with van der Waals surface area (Å²) in [5.41, 5.74) is 0. The van der Waals surface area contributed by atoms with E-state index >= 15 is 0 Å². The lowest BCUT2D eigenvalue weighted by atomic mass is 9.98. The maximum atomic E-state index is 12.2. The average molecular weight is 268 g/mol. The lowest BCUT2D eigenvalue weighted by Gasteiger charge is -2.38. The van der Waals surface area contributed by atoms with E-state index < -0.39 is 6.04 Å². The summed E-state index contributed by atoms with van der Waals surface area (Å²) in [7, 11) is 0. The zero-order valence-electron chi connectivity index (χ0n) is 11.1. The van der Waals surface area contributed by atoms with Crippen molar-refractivity contribution in [2.45, 2.75) is 32.9 Å². The van der Waals surface area contributed by atoms with Crippen LogP contribution in [0.15, 0.2) is 0 Å². The second kappa shape index (κ2) is 6.69. The monoisotopic (exact) mass is 268 g/mol. The third kappa shape index (κ3) is 3.42. The number of amides is 2. The normalized spacial score (nSPS) is 24.1. The van der Waals surface area contributed by atoms with Crippen LogP contribution in [-0.2, 0) is 9.59 Å². The molecule has 1 aliphatic rings. The number of nitrogens with zero attached hydrogens (tertiary/aromatic N) is 1. The Morgan fingerprint density at radius 1 is 1.50 bits per heavy atom. The Morgan fingerprint density at radius 2 is 2.17 bits per heavy atom. The van der Waals surface area contributed by atoms with Crippen molar-refractivity contribution in [1.29, 1.82) is 0 Å². The van der Waals surface area contributed by atoms with E-state index in [1.54, 1.807) is 23.6 Å². The first kappa shape index (κ1) is 14.9. The summed E-state index contributed by atoms with van der Waals surface area (Å²) in [6, 6.07) is -0.787. The van der Waals surface area contributed by atoms with Gasteiger partial charge in [-0.25, -0.2) is 0 Å². The van der Waals surface area contributed by atoms with Gasteiger partial charge in [-0.05, 0) is 12.8 Å². The molecule has 0 aromatic carbocycles. The average Bonchev–Trinajstić information content (AvgIpc) is 2.32. The maximum Gasteiger partial charge on any atom is 0.246 e. The Kier molecular flexibility index (Phi) is 5.54. The quantitative estimate of drug-likeness (QED) is 0.590. The zero-order valence-corrected chi connectivity index (χ0v) is 11.9. The molecule has 1 fully saturated rings. The molecule has 4 nitrogen and oxygen atoms in total. The summed E-state index contributed by atoms with van der Waals surface area (Å²) < 4.78 is 0. The van der Waals surface area contributed by atoms with Crippen LogP contribution in [0.25, 0.3) is 0 Å². The molecule has 0 saturated carbocycles. The summed E-state index contributed by atoms with van der Waals surface area (Å²) in [6.07, 6.45) is 5.17. The number of carbonyl (C=O) groups excluding carboxylic acids is 2. The number of nitrogens with one attached hydrogen (secondary N) is 1. The number of hydrogen-bond donors (Lipinski definition) is 1. The van der Waals surface area contributed by atoms with E-state index in [1.807, 2.05) is 13.8 Å². The van der Waals surface area contributed by atoms with Gasteiger partial charge in [0, 0.05) is 12.3 Å². The predicted molar refractivity (Wildman–Crippen MR) is 74.1 cm³/mol. The van der Waals surface area contributed by atoms with Crippen LogP contribution >= 0.6 is 11.8 Å². The van der Waals surface area contributed by atoms with Crippen LogP contribution in [0, 0.1) is 18.3 Å². The topological polar surface area (TPSA) is 49.4 Å². The Hall–Kier alpha value is -1.15. The molecule has 18 heavy (non-hydrogen) atoms. The summed E-state index contributed by atoms with van der Waals surface area (Å²) in [5, 5.41) is 2.78.